The van der Waals surface area contributed by atoms with Crippen LogP contribution in [0.5, 0.6) is 0 Å². The number of aromatic nitrogens is 1. The van der Waals surface area contributed by atoms with Gasteiger partial charge in [0.15, 0.2) is 5.13 Å². The third-order valence-corrected chi connectivity index (χ3v) is 4.76. The summed E-state index contributed by atoms with van der Waals surface area (Å²) in [6.45, 7) is 0. The molecule has 5 nitrogen and oxygen atoms in total. The van der Waals surface area contributed by atoms with E-state index < -0.39 is 11.5 Å². The highest BCUT2D eigenvalue weighted by atomic mass is 35.5. The Morgan fingerprint density at radius 1 is 1.12 bits per heavy atom. The van der Waals surface area contributed by atoms with Crippen molar-refractivity contribution in [3.8, 4) is 11.3 Å². The second-order valence-corrected chi connectivity index (χ2v) is 6.78. The third kappa shape index (κ3) is 3.24. The van der Waals surface area contributed by atoms with Gasteiger partial charge >= 0.3 is 5.63 Å². The van der Waals surface area contributed by atoms with Crippen LogP contribution in [-0.2, 0) is 0 Å². The SMILES string of the molecule is O=C(Nc1nc(-c2ccc(Cl)cc2)cs1)c1cc2ccccc2oc1=O. The number of hydrogen-bond acceptors (Lipinski definition) is 5. The van der Waals surface area contributed by atoms with Gasteiger partial charge in [0.05, 0.1) is 5.69 Å². The Bertz CT molecular complexity index is 1170. The number of benzene rings is 2. The summed E-state index contributed by atoms with van der Waals surface area (Å²) in [5.74, 6) is -0.554. The predicted octanol–water partition coefficient (Wildman–Crippen LogP) is 4.82. The van der Waals surface area contributed by atoms with Crippen molar-refractivity contribution in [2.45, 2.75) is 0 Å². The van der Waals surface area contributed by atoms with Gasteiger partial charge in [-0.2, -0.15) is 0 Å². The van der Waals surface area contributed by atoms with E-state index in [1.807, 2.05) is 23.6 Å². The molecule has 0 radical (unpaired) electrons. The van der Waals surface area contributed by atoms with Crippen LogP contribution in [-0.4, -0.2) is 10.9 Å². The Morgan fingerprint density at radius 2 is 1.88 bits per heavy atom. The maximum absolute atomic E-state index is 12.4. The highest BCUT2D eigenvalue weighted by molar-refractivity contribution is 7.14. The number of fused-ring (bicyclic) bond motifs is 1. The number of rotatable bonds is 3. The number of halogens is 1. The van der Waals surface area contributed by atoms with Crippen LogP contribution in [0.2, 0.25) is 5.02 Å². The quantitative estimate of drug-likeness (QED) is 0.515. The molecule has 7 heteroatoms. The second-order valence-electron chi connectivity index (χ2n) is 5.48. The Hall–Kier alpha value is -2.96. The number of nitrogens with zero attached hydrogens (tertiary/aromatic N) is 1. The third-order valence-electron chi connectivity index (χ3n) is 3.75. The first-order valence-electron chi connectivity index (χ1n) is 7.66. The van der Waals surface area contributed by atoms with Crippen molar-refractivity contribution in [2.24, 2.45) is 0 Å². The van der Waals surface area contributed by atoms with Crippen molar-refractivity contribution in [2.75, 3.05) is 5.32 Å². The zero-order valence-corrected chi connectivity index (χ0v) is 14.8. The Kier molecular flexibility index (Phi) is 4.28. The summed E-state index contributed by atoms with van der Waals surface area (Å²) in [6.07, 6.45) is 0. The van der Waals surface area contributed by atoms with Gasteiger partial charge < -0.3 is 4.42 Å². The Morgan fingerprint density at radius 3 is 2.69 bits per heavy atom. The van der Waals surface area contributed by atoms with E-state index in [0.717, 1.165) is 5.56 Å². The van der Waals surface area contributed by atoms with Crippen molar-refractivity contribution in [3.05, 3.63) is 81.0 Å². The van der Waals surface area contributed by atoms with E-state index in [0.29, 0.717) is 26.8 Å². The number of thiazole rings is 1. The summed E-state index contributed by atoms with van der Waals surface area (Å²) < 4.78 is 5.19. The van der Waals surface area contributed by atoms with Gasteiger partial charge in [-0.3, -0.25) is 10.1 Å². The zero-order valence-electron chi connectivity index (χ0n) is 13.2. The number of carbonyl (C=O) groups is 1. The Balaban J connectivity index is 1.60. The predicted molar refractivity (Wildman–Crippen MR) is 103 cm³/mol. The molecular weight excluding hydrogens is 372 g/mol. The minimum absolute atomic E-state index is 0.0630. The molecule has 0 bridgehead atoms. The molecule has 0 saturated carbocycles. The fourth-order valence-electron chi connectivity index (χ4n) is 2.47. The van der Waals surface area contributed by atoms with Gasteiger partial charge in [0.25, 0.3) is 5.91 Å². The van der Waals surface area contributed by atoms with Gasteiger partial charge in [-0.15, -0.1) is 11.3 Å². The fourth-order valence-corrected chi connectivity index (χ4v) is 3.31. The first kappa shape index (κ1) is 16.5. The number of nitrogens with one attached hydrogen (secondary N) is 1. The van der Waals surface area contributed by atoms with Crippen LogP contribution in [0.1, 0.15) is 10.4 Å². The average Bonchev–Trinajstić information content (AvgIpc) is 3.10. The largest absolute Gasteiger partial charge is 0.422 e. The molecule has 4 rings (SSSR count). The van der Waals surface area contributed by atoms with E-state index in [-0.39, 0.29) is 5.56 Å². The number of hydrogen-bond donors (Lipinski definition) is 1. The van der Waals surface area contributed by atoms with E-state index in [1.54, 1.807) is 30.3 Å². The molecule has 26 heavy (non-hydrogen) atoms. The molecule has 1 amide bonds. The average molecular weight is 383 g/mol. The molecule has 2 aromatic heterocycles. The molecule has 0 aliphatic rings. The maximum Gasteiger partial charge on any atom is 0.349 e. The lowest BCUT2D eigenvalue weighted by Crippen LogP contribution is -2.20. The number of anilines is 1. The summed E-state index contributed by atoms with van der Waals surface area (Å²) in [7, 11) is 0. The lowest BCUT2D eigenvalue weighted by Gasteiger charge is -2.02. The van der Waals surface area contributed by atoms with E-state index in [2.05, 4.69) is 10.3 Å². The van der Waals surface area contributed by atoms with Crippen molar-refractivity contribution in [1.82, 2.24) is 4.98 Å². The van der Waals surface area contributed by atoms with Gasteiger partial charge in [-0.25, -0.2) is 9.78 Å². The van der Waals surface area contributed by atoms with E-state index in [9.17, 15) is 9.59 Å². The van der Waals surface area contributed by atoms with E-state index >= 15 is 0 Å². The van der Waals surface area contributed by atoms with Crippen molar-refractivity contribution >= 4 is 44.9 Å². The van der Waals surface area contributed by atoms with Crippen molar-refractivity contribution < 1.29 is 9.21 Å². The topological polar surface area (TPSA) is 72.2 Å². The molecule has 4 aromatic rings. The summed E-state index contributed by atoms with van der Waals surface area (Å²) in [5, 5.41) is 6.18. The molecule has 2 heterocycles. The molecular formula is C19H11ClN2O3S. The van der Waals surface area contributed by atoms with Crippen molar-refractivity contribution in [1.29, 1.82) is 0 Å². The molecule has 0 aliphatic heterocycles. The minimum atomic E-state index is -0.685. The summed E-state index contributed by atoms with van der Waals surface area (Å²) in [5.41, 5.74) is 1.29. The molecule has 0 fully saturated rings. The number of amides is 1. The standard InChI is InChI=1S/C19H11ClN2O3S/c20-13-7-5-11(6-8-13)15-10-26-19(21-15)22-17(23)14-9-12-3-1-2-4-16(12)25-18(14)24/h1-10H,(H,21,22,23). The Labute approximate surface area is 156 Å². The summed E-state index contributed by atoms with van der Waals surface area (Å²) in [4.78, 5) is 28.9. The monoisotopic (exact) mass is 382 g/mol. The summed E-state index contributed by atoms with van der Waals surface area (Å²) >= 11 is 7.16. The molecule has 0 spiro atoms. The number of para-hydroxylation sites is 1. The molecule has 2 aromatic carbocycles. The second kappa shape index (κ2) is 6.74. The highest BCUT2D eigenvalue weighted by Crippen LogP contribution is 2.26. The molecule has 0 aliphatic carbocycles. The van der Waals surface area contributed by atoms with Gasteiger partial charge in [0.2, 0.25) is 0 Å². The van der Waals surface area contributed by atoms with Gasteiger partial charge in [0, 0.05) is 21.4 Å². The van der Waals surface area contributed by atoms with Crippen LogP contribution in [0.15, 0.2) is 69.2 Å². The minimum Gasteiger partial charge on any atom is -0.422 e. The summed E-state index contributed by atoms with van der Waals surface area (Å²) in [6, 6.07) is 15.8. The first-order chi connectivity index (χ1) is 12.6. The fraction of sp³-hybridized carbons (Fsp3) is 0. The number of carbonyl (C=O) groups excluding carboxylic acids is 1. The normalized spacial score (nSPS) is 10.8. The smallest absolute Gasteiger partial charge is 0.349 e. The van der Waals surface area contributed by atoms with E-state index in [1.165, 1.54) is 17.4 Å². The van der Waals surface area contributed by atoms with Crippen LogP contribution < -0.4 is 10.9 Å². The molecule has 0 saturated heterocycles. The first-order valence-corrected chi connectivity index (χ1v) is 8.91. The van der Waals surface area contributed by atoms with Gasteiger partial charge in [-0.05, 0) is 24.3 Å². The van der Waals surface area contributed by atoms with Crippen LogP contribution in [0.3, 0.4) is 0 Å². The van der Waals surface area contributed by atoms with Crippen molar-refractivity contribution in [3.63, 3.8) is 0 Å². The van der Waals surface area contributed by atoms with Gasteiger partial charge in [0.1, 0.15) is 11.1 Å². The zero-order chi connectivity index (χ0) is 18.1. The van der Waals surface area contributed by atoms with Crippen LogP contribution in [0.4, 0.5) is 5.13 Å². The van der Waals surface area contributed by atoms with Crippen LogP contribution in [0.25, 0.3) is 22.2 Å². The van der Waals surface area contributed by atoms with Crippen LogP contribution in [0, 0.1) is 0 Å². The maximum atomic E-state index is 12.4. The highest BCUT2D eigenvalue weighted by Gasteiger charge is 2.15. The lowest BCUT2D eigenvalue weighted by atomic mass is 10.2. The molecule has 1 N–H and O–H groups in total. The lowest BCUT2D eigenvalue weighted by molar-refractivity contribution is 0.102. The van der Waals surface area contributed by atoms with Crippen LogP contribution >= 0.6 is 22.9 Å². The molecule has 0 unspecified atom stereocenters. The molecule has 0 atom stereocenters. The van der Waals surface area contributed by atoms with Gasteiger partial charge in [-0.1, -0.05) is 41.9 Å². The van der Waals surface area contributed by atoms with E-state index in [4.69, 9.17) is 16.0 Å². The molecule has 128 valence electrons.